The van der Waals surface area contributed by atoms with Crippen molar-refractivity contribution in [2.24, 2.45) is 9.98 Å². The van der Waals surface area contributed by atoms with Crippen molar-refractivity contribution in [2.75, 3.05) is 0 Å². The van der Waals surface area contributed by atoms with Gasteiger partial charge in [0.2, 0.25) is 0 Å². The second kappa shape index (κ2) is 4.56. The van der Waals surface area contributed by atoms with E-state index in [1.165, 1.54) is 24.8 Å². The average molecular weight is 298 g/mol. The summed E-state index contributed by atoms with van der Waals surface area (Å²) >= 11 is 0. The van der Waals surface area contributed by atoms with Crippen molar-refractivity contribution in [2.45, 2.75) is 83.2 Å². The van der Waals surface area contributed by atoms with Gasteiger partial charge in [0.25, 0.3) is 0 Å². The van der Waals surface area contributed by atoms with Gasteiger partial charge in [-0.3, -0.25) is 9.98 Å². The lowest BCUT2D eigenvalue weighted by Gasteiger charge is -2.36. The van der Waals surface area contributed by atoms with E-state index < -0.39 is 0 Å². The molecule has 22 heavy (non-hydrogen) atoms. The molecule has 2 atom stereocenters. The average Bonchev–Trinajstić information content (AvgIpc) is 2.82. The molecule has 3 nitrogen and oxygen atoms in total. The zero-order valence-corrected chi connectivity index (χ0v) is 14.1. The number of hydrogen-bond donors (Lipinski definition) is 1. The van der Waals surface area contributed by atoms with Crippen LogP contribution < -0.4 is 10.7 Å². The summed E-state index contributed by atoms with van der Waals surface area (Å²) in [6, 6.07) is 0. The van der Waals surface area contributed by atoms with Crippen LogP contribution in [0, 0.1) is 0 Å². The standard InChI is InChI=1S/C19H26N2O/c1-10(2)13-16-17(14-11(3)12(4)15(14)18(13)22)21-19(20-16)8-6-5-7-9-19/h10-12,22H,5-9H2,1-4H3/t11-,12?/m0/s1. The highest BCUT2D eigenvalue weighted by molar-refractivity contribution is 5.56. The molecule has 0 radical (unpaired) electrons. The molecule has 0 saturated heterocycles. The number of phenolic OH excluding ortho intramolecular Hbond substituents is 1. The summed E-state index contributed by atoms with van der Waals surface area (Å²) in [5.74, 6) is 1.69. The predicted octanol–water partition coefficient (Wildman–Crippen LogP) is 3.65. The Morgan fingerprint density at radius 2 is 1.55 bits per heavy atom. The van der Waals surface area contributed by atoms with Crippen LogP contribution >= 0.6 is 0 Å². The number of nitrogens with zero attached hydrogens (tertiary/aromatic N) is 2. The van der Waals surface area contributed by atoms with E-state index in [0.29, 0.717) is 17.6 Å². The summed E-state index contributed by atoms with van der Waals surface area (Å²) in [5.41, 5.74) is 3.22. The highest BCUT2D eigenvalue weighted by Gasteiger charge is 2.42. The maximum absolute atomic E-state index is 10.8. The van der Waals surface area contributed by atoms with Crippen LogP contribution in [0.3, 0.4) is 0 Å². The Bertz CT molecular complexity index is 757. The van der Waals surface area contributed by atoms with Crippen molar-refractivity contribution < 1.29 is 5.11 Å². The number of hydrogen-bond acceptors (Lipinski definition) is 3. The van der Waals surface area contributed by atoms with Crippen LogP contribution in [0.1, 0.15) is 94.2 Å². The minimum Gasteiger partial charge on any atom is -0.507 e. The third-order valence-corrected chi connectivity index (χ3v) is 6.07. The maximum atomic E-state index is 10.8. The Labute approximate surface area is 132 Å². The van der Waals surface area contributed by atoms with E-state index in [1.807, 2.05) is 0 Å². The van der Waals surface area contributed by atoms with Gasteiger partial charge in [0.15, 0.2) is 5.66 Å². The minimum atomic E-state index is -0.218. The van der Waals surface area contributed by atoms with E-state index in [4.69, 9.17) is 9.98 Å². The lowest BCUT2D eigenvalue weighted by Crippen LogP contribution is -2.39. The van der Waals surface area contributed by atoms with E-state index in [1.54, 1.807) is 0 Å². The van der Waals surface area contributed by atoms with Crippen LogP contribution in [0.5, 0.6) is 5.75 Å². The summed E-state index contributed by atoms with van der Waals surface area (Å²) in [5, 5.41) is 13.0. The third-order valence-electron chi connectivity index (χ3n) is 6.07. The quantitative estimate of drug-likeness (QED) is 0.845. The molecule has 0 amide bonds. The number of aromatic hydroxyl groups is 1. The molecular formula is C19H26N2O. The largest absolute Gasteiger partial charge is 0.507 e. The Morgan fingerprint density at radius 3 is 2.18 bits per heavy atom. The zero-order chi connectivity index (χ0) is 15.6. The molecule has 1 aromatic rings. The van der Waals surface area contributed by atoms with Crippen molar-refractivity contribution in [1.82, 2.24) is 0 Å². The van der Waals surface area contributed by atoms with Crippen LogP contribution in [0.15, 0.2) is 9.98 Å². The molecule has 1 N–H and O–H groups in total. The van der Waals surface area contributed by atoms with Gasteiger partial charge in [0.1, 0.15) is 5.75 Å². The van der Waals surface area contributed by atoms with Crippen molar-refractivity contribution in [1.29, 1.82) is 0 Å². The minimum absolute atomic E-state index is 0.218. The molecule has 4 rings (SSSR count). The Balaban J connectivity index is 2.04. The van der Waals surface area contributed by atoms with Crippen LogP contribution in [-0.4, -0.2) is 10.8 Å². The maximum Gasteiger partial charge on any atom is 0.151 e. The molecule has 3 aliphatic rings. The van der Waals surface area contributed by atoms with Gasteiger partial charge in [-0.15, -0.1) is 0 Å². The molecule has 2 aliphatic carbocycles. The Morgan fingerprint density at radius 1 is 0.955 bits per heavy atom. The Kier molecular flexibility index (Phi) is 2.95. The lowest BCUT2D eigenvalue weighted by molar-refractivity contribution is 0.308. The normalized spacial score (nSPS) is 27.9. The fourth-order valence-corrected chi connectivity index (χ4v) is 4.65. The summed E-state index contributed by atoms with van der Waals surface area (Å²) in [6.07, 6.45) is 5.88. The summed E-state index contributed by atoms with van der Waals surface area (Å²) in [7, 11) is 0. The lowest BCUT2D eigenvalue weighted by atomic mass is 9.68. The number of rotatable bonds is 1. The van der Waals surface area contributed by atoms with Crippen molar-refractivity contribution >= 4 is 0 Å². The highest BCUT2D eigenvalue weighted by Crippen LogP contribution is 2.50. The molecule has 0 aromatic heterocycles. The first-order valence-electron chi connectivity index (χ1n) is 8.83. The first kappa shape index (κ1) is 14.2. The molecule has 1 spiro atoms. The second-order valence-electron chi connectivity index (χ2n) is 7.79. The van der Waals surface area contributed by atoms with Crippen LogP contribution in [0.4, 0.5) is 0 Å². The fraction of sp³-hybridized carbons (Fsp3) is 0.684. The SMILES string of the molecule is CC(C)c1c(O)c2c(c3c1=NC1(CCCCC1)N=3)[C@@H](C)C2C. The second-order valence-corrected chi connectivity index (χ2v) is 7.79. The summed E-state index contributed by atoms with van der Waals surface area (Å²) < 4.78 is 0. The van der Waals surface area contributed by atoms with Crippen LogP contribution in [0.25, 0.3) is 0 Å². The number of fused-ring (bicyclic) bond motifs is 3. The molecule has 1 unspecified atom stereocenters. The van der Waals surface area contributed by atoms with Gasteiger partial charge >= 0.3 is 0 Å². The van der Waals surface area contributed by atoms with E-state index >= 15 is 0 Å². The van der Waals surface area contributed by atoms with Gasteiger partial charge in [-0.1, -0.05) is 34.1 Å². The van der Waals surface area contributed by atoms with Gasteiger partial charge in [0.05, 0.1) is 10.7 Å². The molecule has 3 heteroatoms. The van der Waals surface area contributed by atoms with Crippen LogP contribution in [0.2, 0.25) is 0 Å². The third kappa shape index (κ3) is 1.68. The predicted molar refractivity (Wildman–Crippen MR) is 87.2 cm³/mol. The fourth-order valence-electron chi connectivity index (χ4n) is 4.65. The number of phenols is 1. The summed E-state index contributed by atoms with van der Waals surface area (Å²) in [4.78, 5) is 10.2. The van der Waals surface area contributed by atoms with E-state index in [-0.39, 0.29) is 11.6 Å². The molecule has 1 aliphatic heterocycles. The van der Waals surface area contributed by atoms with E-state index in [0.717, 1.165) is 34.7 Å². The molecule has 118 valence electrons. The first-order valence-corrected chi connectivity index (χ1v) is 8.83. The van der Waals surface area contributed by atoms with Gasteiger partial charge in [-0.25, -0.2) is 0 Å². The smallest absolute Gasteiger partial charge is 0.151 e. The molecule has 1 heterocycles. The Hall–Kier alpha value is -1.38. The number of benzene rings is 1. The van der Waals surface area contributed by atoms with Crippen molar-refractivity contribution in [3.63, 3.8) is 0 Å². The van der Waals surface area contributed by atoms with E-state index in [2.05, 4.69) is 27.7 Å². The van der Waals surface area contributed by atoms with Crippen LogP contribution in [-0.2, 0) is 0 Å². The van der Waals surface area contributed by atoms with Gasteiger partial charge in [-0.05, 0) is 49.0 Å². The molecule has 1 saturated carbocycles. The molecular weight excluding hydrogens is 272 g/mol. The van der Waals surface area contributed by atoms with Gasteiger partial charge in [0, 0.05) is 11.1 Å². The summed E-state index contributed by atoms with van der Waals surface area (Å²) in [6.45, 7) is 8.76. The topological polar surface area (TPSA) is 45.0 Å². The molecule has 1 fully saturated rings. The van der Waals surface area contributed by atoms with Crippen molar-refractivity contribution in [3.05, 3.63) is 27.4 Å². The monoisotopic (exact) mass is 298 g/mol. The van der Waals surface area contributed by atoms with Gasteiger partial charge in [-0.2, -0.15) is 0 Å². The zero-order valence-electron chi connectivity index (χ0n) is 14.1. The first-order chi connectivity index (χ1) is 10.5. The highest BCUT2D eigenvalue weighted by atomic mass is 16.3. The molecule has 0 bridgehead atoms. The van der Waals surface area contributed by atoms with E-state index in [9.17, 15) is 5.11 Å². The van der Waals surface area contributed by atoms with Crippen molar-refractivity contribution in [3.8, 4) is 5.75 Å². The molecule has 1 aromatic carbocycles. The van der Waals surface area contributed by atoms with Gasteiger partial charge < -0.3 is 5.11 Å².